The lowest BCUT2D eigenvalue weighted by Crippen LogP contribution is -2.36. The topological polar surface area (TPSA) is 54.5 Å². The van der Waals surface area contributed by atoms with Gasteiger partial charge in [0.1, 0.15) is 0 Å². The second-order valence-electron chi connectivity index (χ2n) is 7.06. The minimum absolute atomic E-state index is 0.0196. The number of rotatable bonds is 7. The molecule has 0 unspecified atom stereocenters. The Kier molecular flexibility index (Phi) is 6.77. The average Bonchev–Trinajstić information content (AvgIpc) is 2.77. The summed E-state index contributed by atoms with van der Waals surface area (Å²) >= 11 is 1.47. The van der Waals surface area contributed by atoms with Gasteiger partial charge in [-0.3, -0.25) is 9.69 Å². The summed E-state index contributed by atoms with van der Waals surface area (Å²) in [7, 11) is 0. The van der Waals surface area contributed by atoms with E-state index < -0.39 is 0 Å². The van der Waals surface area contributed by atoms with Crippen molar-refractivity contribution in [3.8, 4) is 0 Å². The molecule has 3 aromatic rings. The van der Waals surface area contributed by atoms with Crippen LogP contribution in [0, 0.1) is 0 Å². The van der Waals surface area contributed by atoms with Gasteiger partial charge in [-0.25, -0.2) is 4.98 Å². The van der Waals surface area contributed by atoms with Crippen molar-refractivity contribution in [2.45, 2.75) is 18.1 Å². The highest BCUT2D eigenvalue weighted by atomic mass is 32.2. The molecule has 1 fully saturated rings. The van der Waals surface area contributed by atoms with Gasteiger partial charge in [-0.15, -0.1) is 0 Å². The summed E-state index contributed by atoms with van der Waals surface area (Å²) < 4.78 is 5.43. The number of carbonyl (C=O) groups excluding carboxylic acids is 1. The van der Waals surface area contributed by atoms with Crippen molar-refractivity contribution in [1.82, 2.24) is 15.2 Å². The van der Waals surface area contributed by atoms with Crippen molar-refractivity contribution in [3.63, 3.8) is 0 Å². The Labute approximate surface area is 175 Å². The lowest BCUT2D eigenvalue weighted by molar-refractivity contribution is -0.118. The van der Waals surface area contributed by atoms with Crippen molar-refractivity contribution < 1.29 is 9.53 Å². The molecule has 1 aliphatic rings. The monoisotopic (exact) mass is 407 g/mol. The van der Waals surface area contributed by atoms with Crippen LogP contribution < -0.4 is 5.32 Å². The molecule has 0 spiro atoms. The zero-order chi connectivity index (χ0) is 19.9. The molecule has 1 saturated heterocycles. The number of fused-ring (bicyclic) bond motifs is 1. The third kappa shape index (κ3) is 5.56. The first-order chi connectivity index (χ1) is 14.3. The maximum Gasteiger partial charge on any atom is 0.230 e. The SMILES string of the molecule is O=C(CSc1ccc2ccccc2n1)NCc1ccccc1CN1CCOCC1. The molecule has 0 aliphatic carbocycles. The number of carbonyl (C=O) groups is 1. The van der Waals surface area contributed by atoms with Gasteiger partial charge >= 0.3 is 0 Å². The van der Waals surface area contributed by atoms with Crippen LogP contribution in [0.5, 0.6) is 0 Å². The molecule has 1 N–H and O–H groups in total. The molecule has 0 saturated carbocycles. The third-order valence-corrected chi connectivity index (χ3v) is 5.95. The molecule has 150 valence electrons. The predicted octanol–water partition coefficient (Wildman–Crippen LogP) is 3.48. The van der Waals surface area contributed by atoms with E-state index in [1.807, 2.05) is 42.5 Å². The second kappa shape index (κ2) is 9.87. The molecule has 4 rings (SSSR count). The molecule has 0 radical (unpaired) electrons. The molecule has 2 heterocycles. The van der Waals surface area contributed by atoms with Gasteiger partial charge in [0.05, 0.1) is 29.5 Å². The Morgan fingerprint density at radius 3 is 2.62 bits per heavy atom. The number of ether oxygens (including phenoxy) is 1. The molecule has 2 aromatic carbocycles. The first-order valence-electron chi connectivity index (χ1n) is 9.90. The highest BCUT2D eigenvalue weighted by Crippen LogP contribution is 2.20. The van der Waals surface area contributed by atoms with E-state index in [4.69, 9.17) is 4.74 Å². The van der Waals surface area contributed by atoms with Crippen LogP contribution in [0.1, 0.15) is 11.1 Å². The van der Waals surface area contributed by atoms with Gasteiger partial charge in [0.15, 0.2) is 0 Å². The quantitative estimate of drug-likeness (QED) is 0.608. The number of benzene rings is 2. The van der Waals surface area contributed by atoms with Crippen LogP contribution in [0.25, 0.3) is 10.9 Å². The van der Waals surface area contributed by atoms with Crippen LogP contribution in [0.3, 0.4) is 0 Å². The summed E-state index contributed by atoms with van der Waals surface area (Å²) in [6, 6.07) is 20.3. The number of nitrogens with one attached hydrogen (secondary N) is 1. The molecule has 1 aromatic heterocycles. The van der Waals surface area contributed by atoms with E-state index in [0.717, 1.165) is 48.8 Å². The van der Waals surface area contributed by atoms with E-state index in [9.17, 15) is 4.79 Å². The minimum atomic E-state index is 0.0196. The Hall–Kier alpha value is -2.41. The van der Waals surface area contributed by atoms with Crippen molar-refractivity contribution in [2.24, 2.45) is 0 Å². The van der Waals surface area contributed by atoms with E-state index in [1.165, 1.54) is 22.9 Å². The van der Waals surface area contributed by atoms with Crippen molar-refractivity contribution in [3.05, 3.63) is 71.8 Å². The summed E-state index contributed by atoms with van der Waals surface area (Å²) in [6.45, 7) is 4.93. The Morgan fingerprint density at radius 1 is 1.00 bits per heavy atom. The van der Waals surface area contributed by atoms with Gasteiger partial charge in [-0.05, 0) is 23.3 Å². The Balaban J connectivity index is 1.30. The molecular weight excluding hydrogens is 382 g/mol. The number of aromatic nitrogens is 1. The number of hydrogen-bond acceptors (Lipinski definition) is 5. The van der Waals surface area contributed by atoms with Gasteiger partial charge in [-0.2, -0.15) is 0 Å². The summed E-state index contributed by atoms with van der Waals surface area (Å²) in [6.07, 6.45) is 0. The Morgan fingerprint density at radius 2 is 1.76 bits per heavy atom. The minimum Gasteiger partial charge on any atom is -0.379 e. The number of nitrogens with zero attached hydrogens (tertiary/aromatic N) is 2. The number of hydrogen-bond donors (Lipinski definition) is 1. The molecular formula is C23H25N3O2S. The predicted molar refractivity (Wildman–Crippen MR) is 117 cm³/mol. The molecule has 1 amide bonds. The van der Waals surface area contributed by atoms with Crippen molar-refractivity contribution in [2.75, 3.05) is 32.1 Å². The fraction of sp³-hybridized carbons (Fsp3) is 0.304. The van der Waals surface area contributed by atoms with Crippen LogP contribution in [-0.4, -0.2) is 47.8 Å². The van der Waals surface area contributed by atoms with Gasteiger partial charge < -0.3 is 10.1 Å². The van der Waals surface area contributed by atoms with Crippen LogP contribution in [0.15, 0.2) is 65.7 Å². The molecule has 1 aliphatic heterocycles. The highest BCUT2D eigenvalue weighted by molar-refractivity contribution is 7.99. The van der Waals surface area contributed by atoms with E-state index in [0.29, 0.717) is 12.3 Å². The zero-order valence-corrected chi connectivity index (χ0v) is 17.2. The maximum absolute atomic E-state index is 12.4. The number of pyridine rings is 1. The highest BCUT2D eigenvalue weighted by Gasteiger charge is 2.13. The molecule has 29 heavy (non-hydrogen) atoms. The molecule has 6 heteroatoms. The van der Waals surface area contributed by atoms with Gasteiger partial charge in [0, 0.05) is 31.6 Å². The number of para-hydroxylation sites is 1. The standard InChI is InChI=1S/C23H25N3O2S/c27-22(17-29-23-10-9-18-5-3-4-8-21(18)25-23)24-15-19-6-1-2-7-20(19)16-26-11-13-28-14-12-26/h1-10H,11-17H2,(H,24,27). The van der Waals surface area contributed by atoms with Crippen LogP contribution in [0.4, 0.5) is 0 Å². The fourth-order valence-electron chi connectivity index (χ4n) is 3.40. The number of morpholine rings is 1. The lowest BCUT2D eigenvalue weighted by atomic mass is 10.1. The van der Waals surface area contributed by atoms with Crippen molar-refractivity contribution in [1.29, 1.82) is 0 Å². The number of thioether (sulfide) groups is 1. The zero-order valence-electron chi connectivity index (χ0n) is 16.3. The van der Waals surface area contributed by atoms with Crippen LogP contribution in [0.2, 0.25) is 0 Å². The summed E-state index contributed by atoms with van der Waals surface area (Å²) in [5, 5.41) is 5.03. The summed E-state index contributed by atoms with van der Waals surface area (Å²) in [4.78, 5) is 19.4. The molecule has 5 nitrogen and oxygen atoms in total. The molecule has 0 atom stereocenters. The van der Waals surface area contributed by atoms with Gasteiger partial charge in [0.2, 0.25) is 5.91 Å². The van der Waals surface area contributed by atoms with E-state index in [1.54, 1.807) is 0 Å². The summed E-state index contributed by atoms with van der Waals surface area (Å²) in [5.74, 6) is 0.378. The number of amides is 1. The lowest BCUT2D eigenvalue weighted by Gasteiger charge is -2.27. The van der Waals surface area contributed by atoms with Gasteiger partial charge in [-0.1, -0.05) is 60.3 Å². The normalized spacial score (nSPS) is 14.8. The second-order valence-corrected chi connectivity index (χ2v) is 8.06. The maximum atomic E-state index is 12.4. The first kappa shape index (κ1) is 19.9. The third-order valence-electron chi connectivity index (χ3n) is 5.02. The van der Waals surface area contributed by atoms with E-state index in [2.05, 4.69) is 33.4 Å². The van der Waals surface area contributed by atoms with E-state index in [-0.39, 0.29) is 5.91 Å². The average molecular weight is 408 g/mol. The van der Waals surface area contributed by atoms with E-state index >= 15 is 0 Å². The molecule has 0 bridgehead atoms. The van der Waals surface area contributed by atoms with Crippen LogP contribution in [-0.2, 0) is 22.6 Å². The van der Waals surface area contributed by atoms with Crippen molar-refractivity contribution >= 4 is 28.6 Å². The largest absolute Gasteiger partial charge is 0.379 e. The fourth-order valence-corrected chi connectivity index (χ4v) is 4.10. The Bertz CT molecular complexity index is 973. The van der Waals surface area contributed by atoms with Crippen LogP contribution >= 0.6 is 11.8 Å². The van der Waals surface area contributed by atoms with Gasteiger partial charge in [0.25, 0.3) is 0 Å². The smallest absolute Gasteiger partial charge is 0.230 e. The first-order valence-corrected chi connectivity index (χ1v) is 10.9. The summed E-state index contributed by atoms with van der Waals surface area (Å²) in [5.41, 5.74) is 3.38.